The van der Waals surface area contributed by atoms with Crippen molar-refractivity contribution in [1.82, 2.24) is 5.32 Å². The van der Waals surface area contributed by atoms with E-state index in [2.05, 4.69) is 5.32 Å². The average molecular weight is 382 g/mol. The molecule has 1 saturated carbocycles. The number of unbranched alkanes of at least 4 members (excludes halogenated alkanes) is 2. The second-order valence-electron chi connectivity index (χ2n) is 6.67. The first-order valence-corrected chi connectivity index (χ1v) is 9.11. The Morgan fingerprint density at radius 3 is 2.44 bits per heavy atom. The van der Waals surface area contributed by atoms with Gasteiger partial charge in [-0.1, -0.05) is 19.9 Å². The van der Waals surface area contributed by atoms with Crippen LogP contribution < -0.4 is 40.6 Å². The first-order valence-electron chi connectivity index (χ1n) is 7.95. The monoisotopic (exact) mass is 382 g/mol. The number of hydrogen-bond donors (Lipinski definition) is 4. The van der Waals surface area contributed by atoms with Gasteiger partial charge in [-0.25, -0.2) is 4.79 Å². The molecule has 0 saturated heterocycles. The summed E-state index contributed by atoms with van der Waals surface area (Å²) in [5, 5.41) is 20.3. The third-order valence-corrected chi connectivity index (χ3v) is 5.20. The van der Waals surface area contributed by atoms with Crippen LogP contribution in [0.15, 0.2) is 11.8 Å². The molecule has 0 aliphatic heterocycles. The minimum Gasteiger partial charge on any atom is -1.00 e. The summed E-state index contributed by atoms with van der Waals surface area (Å²) in [7, 11) is 0. The number of allylic oxidation sites excluding steroid dienone is 1. The first-order chi connectivity index (χ1) is 11.1. The molecule has 0 aromatic carbocycles. The SMILES string of the molecule is CC1(C)C[C@@H]1C(=O)N/C(=C\CCCCSCC(N)C(=O)O)C(=O)O.[H-].[Na+]. The summed E-state index contributed by atoms with van der Waals surface area (Å²) in [6.07, 6.45) is 4.44. The molecule has 0 spiro atoms. The Kier molecular flexibility index (Phi) is 11.0. The fourth-order valence-corrected chi connectivity index (χ4v) is 3.17. The van der Waals surface area contributed by atoms with E-state index < -0.39 is 18.0 Å². The van der Waals surface area contributed by atoms with E-state index >= 15 is 0 Å². The number of aliphatic carboxylic acids is 2. The molecule has 5 N–H and O–H groups in total. The van der Waals surface area contributed by atoms with Crippen molar-refractivity contribution >= 4 is 29.6 Å². The maximum Gasteiger partial charge on any atom is 1.00 e. The summed E-state index contributed by atoms with van der Waals surface area (Å²) in [4.78, 5) is 33.7. The average Bonchev–Trinajstić information content (AvgIpc) is 3.13. The summed E-state index contributed by atoms with van der Waals surface area (Å²) in [5.74, 6) is -1.37. The number of nitrogens with one attached hydrogen (secondary N) is 1. The Labute approximate surface area is 176 Å². The molecule has 0 heterocycles. The number of carboxylic acid groups (broad SMARTS) is 2. The van der Waals surface area contributed by atoms with Gasteiger partial charge in [0.1, 0.15) is 11.7 Å². The van der Waals surface area contributed by atoms with E-state index in [1.54, 1.807) is 0 Å². The molecule has 0 aromatic heterocycles. The van der Waals surface area contributed by atoms with Crippen molar-refractivity contribution in [1.29, 1.82) is 0 Å². The van der Waals surface area contributed by atoms with Gasteiger partial charge in [0.05, 0.1) is 0 Å². The van der Waals surface area contributed by atoms with Crippen molar-refractivity contribution in [2.75, 3.05) is 11.5 Å². The fourth-order valence-electron chi connectivity index (χ4n) is 2.20. The molecule has 1 rings (SSSR count). The second-order valence-corrected chi connectivity index (χ2v) is 7.82. The summed E-state index contributed by atoms with van der Waals surface area (Å²) in [6.45, 7) is 3.96. The van der Waals surface area contributed by atoms with Crippen LogP contribution in [0.4, 0.5) is 0 Å². The van der Waals surface area contributed by atoms with E-state index in [4.69, 9.17) is 15.9 Å². The van der Waals surface area contributed by atoms with Gasteiger partial charge in [0.25, 0.3) is 0 Å². The molecule has 1 aliphatic carbocycles. The minimum absolute atomic E-state index is 0. The fraction of sp³-hybridized carbons (Fsp3) is 0.688. The standard InChI is InChI=1S/C16H26N2O5S.Na.H/c1-16(2)8-10(16)13(19)18-12(15(22)23)6-4-3-5-7-24-9-11(17)14(20)21;;/h6,10-11H,3-5,7-9,17H2,1-2H3,(H,18,19)(H,20,21)(H,22,23);;/q;+1;-1/b12-6-;;/t10-,11?;;/m1../s1. The molecule has 1 fully saturated rings. The van der Waals surface area contributed by atoms with Crippen molar-refractivity contribution in [2.45, 2.75) is 45.6 Å². The number of carboxylic acids is 2. The maximum absolute atomic E-state index is 12.0. The predicted octanol–water partition coefficient (Wildman–Crippen LogP) is -1.45. The van der Waals surface area contributed by atoms with Crippen LogP contribution in [0, 0.1) is 11.3 Å². The molecule has 2 atom stereocenters. The number of carbonyl (C=O) groups excluding carboxylic acids is 1. The molecule has 1 aliphatic rings. The van der Waals surface area contributed by atoms with E-state index in [9.17, 15) is 14.4 Å². The van der Waals surface area contributed by atoms with E-state index in [1.807, 2.05) is 13.8 Å². The van der Waals surface area contributed by atoms with Gasteiger partial charge in [-0.05, 0) is 36.9 Å². The molecule has 25 heavy (non-hydrogen) atoms. The van der Waals surface area contributed by atoms with Crippen LogP contribution in [0.1, 0.15) is 41.0 Å². The predicted molar refractivity (Wildman–Crippen MR) is 93.6 cm³/mol. The van der Waals surface area contributed by atoms with Gasteiger partial charge < -0.3 is 22.7 Å². The number of rotatable bonds is 11. The Balaban J connectivity index is 0. The van der Waals surface area contributed by atoms with Crippen LogP contribution in [0.25, 0.3) is 0 Å². The molecule has 138 valence electrons. The number of nitrogens with two attached hydrogens (primary N) is 1. The Hall–Kier alpha value is -0.540. The van der Waals surface area contributed by atoms with Gasteiger partial charge in [-0.3, -0.25) is 9.59 Å². The number of hydrogen-bond acceptors (Lipinski definition) is 5. The summed E-state index contributed by atoms with van der Waals surface area (Å²) in [5.41, 5.74) is 5.28. The topological polar surface area (TPSA) is 130 Å². The molecule has 0 aromatic rings. The third-order valence-electron chi connectivity index (χ3n) is 4.02. The molecule has 0 radical (unpaired) electrons. The largest absolute Gasteiger partial charge is 1.00 e. The smallest absolute Gasteiger partial charge is 1.00 e. The molecule has 1 amide bonds. The van der Waals surface area contributed by atoms with E-state index in [-0.39, 0.29) is 53.9 Å². The second kappa shape index (κ2) is 11.2. The normalized spacial score (nSPS) is 19.5. The van der Waals surface area contributed by atoms with Gasteiger partial charge in [0.2, 0.25) is 5.91 Å². The van der Waals surface area contributed by atoms with Gasteiger partial charge >= 0.3 is 41.5 Å². The van der Waals surface area contributed by atoms with Crippen LogP contribution in [0.3, 0.4) is 0 Å². The Morgan fingerprint density at radius 2 is 1.96 bits per heavy atom. The van der Waals surface area contributed by atoms with E-state index in [0.717, 1.165) is 25.0 Å². The number of thioether (sulfide) groups is 1. The van der Waals surface area contributed by atoms with Gasteiger partial charge in [-0.15, -0.1) is 0 Å². The molecular formula is C16H27N2NaO5S. The van der Waals surface area contributed by atoms with Crippen molar-refractivity contribution in [3.05, 3.63) is 11.8 Å². The number of amides is 1. The van der Waals surface area contributed by atoms with Crippen LogP contribution in [0.2, 0.25) is 0 Å². The maximum atomic E-state index is 12.0. The first kappa shape index (κ1) is 24.5. The quantitative estimate of drug-likeness (QED) is 0.195. The summed E-state index contributed by atoms with van der Waals surface area (Å²) >= 11 is 1.46. The molecule has 9 heteroatoms. The van der Waals surface area contributed by atoms with Gasteiger partial charge in [0.15, 0.2) is 0 Å². The third kappa shape index (κ3) is 9.10. The minimum atomic E-state index is -1.14. The van der Waals surface area contributed by atoms with E-state index in [1.165, 1.54) is 17.8 Å². The summed E-state index contributed by atoms with van der Waals surface area (Å²) < 4.78 is 0. The van der Waals surface area contributed by atoms with Crippen molar-refractivity contribution in [3.63, 3.8) is 0 Å². The van der Waals surface area contributed by atoms with Crippen molar-refractivity contribution in [2.24, 2.45) is 17.1 Å². The zero-order valence-electron chi connectivity index (χ0n) is 16.1. The number of carbonyl (C=O) groups is 3. The zero-order chi connectivity index (χ0) is 18.3. The van der Waals surface area contributed by atoms with Crippen LogP contribution in [0.5, 0.6) is 0 Å². The molecular weight excluding hydrogens is 355 g/mol. The zero-order valence-corrected chi connectivity index (χ0v) is 17.9. The van der Waals surface area contributed by atoms with Crippen molar-refractivity contribution < 1.29 is 55.6 Å². The molecule has 7 nitrogen and oxygen atoms in total. The van der Waals surface area contributed by atoms with E-state index in [0.29, 0.717) is 12.2 Å². The van der Waals surface area contributed by atoms with Crippen LogP contribution in [-0.4, -0.2) is 45.6 Å². The Morgan fingerprint density at radius 1 is 1.36 bits per heavy atom. The molecule has 0 bridgehead atoms. The van der Waals surface area contributed by atoms with Crippen molar-refractivity contribution in [3.8, 4) is 0 Å². The van der Waals surface area contributed by atoms with Crippen LogP contribution >= 0.6 is 11.8 Å². The van der Waals surface area contributed by atoms with Crippen LogP contribution in [-0.2, 0) is 14.4 Å². The Bertz CT molecular complexity index is 531. The van der Waals surface area contributed by atoms with Gasteiger partial charge in [-0.2, -0.15) is 11.8 Å². The molecule has 1 unspecified atom stereocenters. The summed E-state index contributed by atoms with van der Waals surface area (Å²) in [6, 6.07) is -0.851. The van der Waals surface area contributed by atoms with Gasteiger partial charge in [0, 0.05) is 11.7 Å².